The van der Waals surface area contributed by atoms with E-state index in [0.29, 0.717) is 21.8 Å². The van der Waals surface area contributed by atoms with E-state index in [1.54, 1.807) is 54.7 Å². The first-order valence-corrected chi connectivity index (χ1v) is 11.9. The van der Waals surface area contributed by atoms with Crippen molar-refractivity contribution in [3.8, 4) is 5.69 Å². The number of amides is 2. The molecule has 35 heavy (non-hydrogen) atoms. The highest BCUT2D eigenvalue weighted by Crippen LogP contribution is 2.23. The summed E-state index contributed by atoms with van der Waals surface area (Å²) in [5.41, 5.74) is 1.63. The summed E-state index contributed by atoms with van der Waals surface area (Å²) >= 11 is 6.05. The van der Waals surface area contributed by atoms with E-state index in [1.807, 2.05) is 24.3 Å². The van der Waals surface area contributed by atoms with Crippen molar-refractivity contribution in [2.45, 2.75) is 31.3 Å². The van der Waals surface area contributed by atoms with Gasteiger partial charge in [0.05, 0.1) is 0 Å². The lowest BCUT2D eigenvalue weighted by Gasteiger charge is -2.22. The van der Waals surface area contributed by atoms with E-state index in [1.165, 1.54) is 10.6 Å². The van der Waals surface area contributed by atoms with Gasteiger partial charge in [-0.1, -0.05) is 29.8 Å². The molecular formula is C28H24ClN3O3. The third-order valence-electron chi connectivity index (χ3n) is 6.44. The minimum absolute atomic E-state index is 0.135. The van der Waals surface area contributed by atoms with E-state index in [9.17, 15) is 14.4 Å². The van der Waals surface area contributed by atoms with Crippen molar-refractivity contribution in [1.82, 2.24) is 15.2 Å². The fourth-order valence-corrected chi connectivity index (χ4v) is 4.76. The summed E-state index contributed by atoms with van der Waals surface area (Å²) in [6, 6.07) is 22.7. The lowest BCUT2D eigenvalue weighted by molar-refractivity contribution is 0.0892. The number of carbonyl (C=O) groups excluding carboxylic acids is 2. The molecule has 0 bridgehead atoms. The fourth-order valence-electron chi connectivity index (χ4n) is 4.58. The van der Waals surface area contributed by atoms with Gasteiger partial charge in [0.2, 0.25) is 0 Å². The number of nitrogens with one attached hydrogen (secondary N) is 2. The average Bonchev–Trinajstić information content (AvgIpc) is 3.30. The van der Waals surface area contributed by atoms with Crippen molar-refractivity contribution in [2.24, 2.45) is 0 Å². The van der Waals surface area contributed by atoms with Crippen molar-refractivity contribution in [2.75, 3.05) is 0 Å². The van der Waals surface area contributed by atoms with Gasteiger partial charge in [-0.05, 0) is 84.6 Å². The first-order chi connectivity index (χ1) is 17.0. The minimum Gasteiger partial charge on any atom is -0.347 e. The molecule has 4 aromatic rings. The number of aromatic nitrogens is 1. The maximum absolute atomic E-state index is 12.9. The quantitative estimate of drug-likeness (QED) is 0.429. The summed E-state index contributed by atoms with van der Waals surface area (Å²) in [7, 11) is 0. The Bertz CT molecular complexity index is 1460. The number of carbonyl (C=O) groups is 2. The predicted octanol–water partition coefficient (Wildman–Crippen LogP) is 4.73. The van der Waals surface area contributed by atoms with Crippen LogP contribution in [0.4, 0.5) is 0 Å². The lowest BCUT2D eigenvalue weighted by atomic mass is 10.1. The Labute approximate surface area is 207 Å². The van der Waals surface area contributed by atoms with E-state index in [4.69, 9.17) is 11.6 Å². The number of fused-ring (bicyclic) bond motifs is 1. The Hall–Kier alpha value is -3.90. The molecule has 1 aromatic heterocycles. The van der Waals surface area contributed by atoms with Gasteiger partial charge in [-0.15, -0.1) is 0 Å². The van der Waals surface area contributed by atoms with Crippen molar-refractivity contribution in [1.29, 1.82) is 0 Å². The molecule has 1 heterocycles. The molecular weight excluding hydrogens is 462 g/mol. The van der Waals surface area contributed by atoms with Crippen molar-refractivity contribution >= 4 is 34.2 Å². The first-order valence-electron chi connectivity index (χ1n) is 11.6. The normalized spacial score (nSPS) is 17.3. The van der Waals surface area contributed by atoms with Crippen LogP contribution in [0.25, 0.3) is 16.5 Å². The maximum atomic E-state index is 12.9. The second kappa shape index (κ2) is 9.76. The number of hydrogen-bond acceptors (Lipinski definition) is 3. The second-order valence-corrected chi connectivity index (χ2v) is 9.19. The number of benzene rings is 3. The molecule has 0 spiro atoms. The maximum Gasteiger partial charge on any atom is 0.255 e. The van der Waals surface area contributed by atoms with E-state index in [0.717, 1.165) is 30.0 Å². The summed E-state index contributed by atoms with van der Waals surface area (Å²) in [4.78, 5) is 37.8. The van der Waals surface area contributed by atoms with Gasteiger partial charge < -0.3 is 10.6 Å². The van der Waals surface area contributed by atoms with Gasteiger partial charge in [-0.3, -0.25) is 19.0 Å². The second-order valence-electron chi connectivity index (χ2n) is 8.75. The third-order valence-corrected chi connectivity index (χ3v) is 6.68. The van der Waals surface area contributed by atoms with Crippen LogP contribution in [0.3, 0.4) is 0 Å². The van der Waals surface area contributed by atoms with Crippen molar-refractivity contribution in [3.63, 3.8) is 0 Å². The van der Waals surface area contributed by atoms with Gasteiger partial charge in [0.1, 0.15) is 0 Å². The largest absolute Gasteiger partial charge is 0.347 e. The molecule has 7 heteroatoms. The molecule has 1 saturated carbocycles. The molecule has 176 valence electrons. The topological polar surface area (TPSA) is 80.2 Å². The van der Waals surface area contributed by atoms with Gasteiger partial charge in [-0.2, -0.15) is 0 Å². The molecule has 0 aliphatic heterocycles. The molecule has 6 nitrogen and oxygen atoms in total. The average molecular weight is 486 g/mol. The summed E-state index contributed by atoms with van der Waals surface area (Å²) in [5, 5.41) is 8.74. The molecule has 5 rings (SSSR count). The van der Waals surface area contributed by atoms with Gasteiger partial charge in [0.25, 0.3) is 17.4 Å². The Morgan fingerprint density at radius 3 is 2.11 bits per heavy atom. The highest BCUT2D eigenvalue weighted by atomic mass is 35.5. The standard InChI is InChI=1S/C28H24ClN3O3/c29-22-12-9-19-16-21(8-7-20(19)17-22)28(35)31-25-5-3-4-24(25)30-27(34)18-10-13-23(14-11-18)32-15-2-1-6-26(32)33/h1-2,6-17,24-25H,3-5H2,(H,30,34)(H,31,35)/t24-,25+/m0/s1. The van der Waals surface area contributed by atoms with Crippen LogP contribution in [0.2, 0.25) is 5.02 Å². The molecule has 3 aromatic carbocycles. The molecule has 0 radical (unpaired) electrons. The molecule has 0 saturated heterocycles. The smallest absolute Gasteiger partial charge is 0.255 e. The fraction of sp³-hybridized carbons (Fsp3) is 0.179. The van der Waals surface area contributed by atoms with Crippen LogP contribution in [0.15, 0.2) is 89.9 Å². The van der Waals surface area contributed by atoms with Crippen LogP contribution >= 0.6 is 11.6 Å². The first kappa shape index (κ1) is 22.9. The van der Waals surface area contributed by atoms with Crippen LogP contribution in [0.5, 0.6) is 0 Å². The Morgan fingerprint density at radius 1 is 0.771 bits per heavy atom. The zero-order chi connectivity index (χ0) is 24.4. The van der Waals surface area contributed by atoms with Crippen LogP contribution in [-0.4, -0.2) is 28.5 Å². The molecule has 2 atom stereocenters. The van der Waals surface area contributed by atoms with Crippen molar-refractivity contribution < 1.29 is 9.59 Å². The number of rotatable bonds is 5. The summed E-state index contributed by atoms with van der Waals surface area (Å²) in [6.07, 6.45) is 4.20. The summed E-state index contributed by atoms with van der Waals surface area (Å²) in [6.45, 7) is 0. The lowest BCUT2D eigenvalue weighted by Crippen LogP contribution is -2.48. The number of halogens is 1. The molecule has 0 unspecified atom stereocenters. The van der Waals surface area contributed by atoms with Crippen molar-refractivity contribution in [3.05, 3.63) is 112 Å². The van der Waals surface area contributed by atoms with Crippen LogP contribution in [0, 0.1) is 0 Å². The van der Waals surface area contributed by atoms with Crippen LogP contribution < -0.4 is 16.2 Å². The van der Waals surface area contributed by atoms with Crippen LogP contribution in [0.1, 0.15) is 40.0 Å². The van der Waals surface area contributed by atoms with Gasteiger partial charge >= 0.3 is 0 Å². The number of pyridine rings is 1. The van der Waals surface area contributed by atoms with E-state index in [-0.39, 0.29) is 29.5 Å². The molecule has 2 amide bonds. The third kappa shape index (κ3) is 4.98. The minimum atomic E-state index is -0.203. The SMILES string of the molecule is O=C(N[C@H]1CCC[C@H]1NC(=O)c1ccc2cc(Cl)ccc2c1)c1ccc(-n2ccccc2=O)cc1. The molecule has 2 N–H and O–H groups in total. The Balaban J connectivity index is 1.25. The molecule has 1 aliphatic carbocycles. The van der Waals surface area contributed by atoms with Crippen LogP contribution in [-0.2, 0) is 0 Å². The van der Waals surface area contributed by atoms with E-state index < -0.39 is 0 Å². The highest BCUT2D eigenvalue weighted by molar-refractivity contribution is 6.31. The zero-order valence-corrected chi connectivity index (χ0v) is 19.7. The summed E-state index contributed by atoms with van der Waals surface area (Å²) in [5.74, 6) is -0.364. The van der Waals surface area contributed by atoms with E-state index >= 15 is 0 Å². The molecule has 1 aliphatic rings. The number of nitrogens with zero attached hydrogens (tertiary/aromatic N) is 1. The zero-order valence-electron chi connectivity index (χ0n) is 18.9. The van der Waals surface area contributed by atoms with Gasteiger partial charge in [-0.25, -0.2) is 0 Å². The van der Waals surface area contributed by atoms with Gasteiger partial charge in [0.15, 0.2) is 0 Å². The highest BCUT2D eigenvalue weighted by Gasteiger charge is 2.30. The molecule has 1 fully saturated rings. The predicted molar refractivity (Wildman–Crippen MR) is 137 cm³/mol. The number of hydrogen-bond donors (Lipinski definition) is 2. The Kier molecular flexibility index (Phi) is 6.38. The monoisotopic (exact) mass is 485 g/mol. The van der Waals surface area contributed by atoms with E-state index in [2.05, 4.69) is 10.6 Å². The summed E-state index contributed by atoms with van der Waals surface area (Å²) < 4.78 is 1.52. The van der Waals surface area contributed by atoms with Gasteiger partial charge in [0, 0.05) is 46.2 Å². The Morgan fingerprint density at radius 2 is 1.40 bits per heavy atom.